The van der Waals surface area contributed by atoms with E-state index in [1.54, 1.807) is 0 Å². The van der Waals surface area contributed by atoms with Crippen molar-refractivity contribution in [3.63, 3.8) is 0 Å². The number of nitrogens with zero attached hydrogens (tertiary/aromatic N) is 2. The SMILES string of the molecule is C[C@H](N)c1ccc(CN2CCN3CCCC[C@@H]3C2)cc1. The number of piperidine rings is 1. The molecule has 2 N–H and O–H groups in total. The molecule has 20 heavy (non-hydrogen) atoms. The molecule has 110 valence electrons. The van der Waals surface area contributed by atoms with Gasteiger partial charge in [-0.25, -0.2) is 0 Å². The summed E-state index contributed by atoms with van der Waals surface area (Å²) in [6.45, 7) is 8.16. The first-order valence-electron chi connectivity index (χ1n) is 8.03. The van der Waals surface area contributed by atoms with Crippen molar-refractivity contribution in [1.82, 2.24) is 9.80 Å². The molecule has 1 aromatic rings. The summed E-state index contributed by atoms with van der Waals surface area (Å²) < 4.78 is 0. The maximum Gasteiger partial charge on any atom is 0.0266 e. The molecule has 0 aliphatic carbocycles. The van der Waals surface area contributed by atoms with Crippen LogP contribution in [0.25, 0.3) is 0 Å². The van der Waals surface area contributed by atoms with Crippen molar-refractivity contribution in [3.05, 3.63) is 35.4 Å². The van der Waals surface area contributed by atoms with E-state index in [0.29, 0.717) is 0 Å². The van der Waals surface area contributed by atoms with Gasteiger partial charge in [0.15, 0.2) is 0 Å². The lowest BCUT2D eigenvalue weighted by Gasteiger charge is -2.44. The number of hydrogen-bond donors (Lipinski definition) is 1. The third kappa shape index (κ3) is 3.22. The molecule has 3 nitrogen and oxygen atoms in total. The topological polar surface area (TPSA) is 32.5 Å². The van der Waals surface area contributed by atoms with Gasteiger partial charge in [-0.1, -0.05) is 30.7 Å². The summed E-state index contributed by atoms with van der Waals surface area (Å²) in [7, 11) is 0. The maximum absolute atomic E-state index is 5.91. The summed E-state index contributed by atoms with van der Waals surface area (Å²) in [6, 6.07) is 9.78. The van der Waals surface area contributed by atoms with E-state index >= 15 is 0 Å². The Kier molecular flexibility index (Phi) is 4.39. The third-order valence-electron chi connectivity index (χ3n) is 4.83. The second-order valence-electron chi connectivity index (χ2n) is 6.45. The van der Waals surface area contributed by atoms with E-state index in [-0.39, 0.29) is 6.04 Å². The second kappa shape index (κ2) is 6.25. The Morgan fingerprint density at radius 1 is 1.15 bits per heavy atom. The van der Waals surface area contributed by atoms with E-state index in [4.69, 9.17) is 5.73 Å². The monoisotopic (exact) mass is 273 g/mol. The van der Waals surface area contributed by atoms with Crippen LogP contribution in [0.2, 0.25) is 0 Å². The van der Waals surface area contributed by atoms with Gasteiger partial charge in [0.25, 0.3) is 0 Å². The highest BCUT2D eigenvalue weighted by Gasteiger charge is 2.28. The molecule has 2 atom stereocenters. The molecule has 2 aliphatic rings. The minimum Gasteiger partial charge on any atom is -0.324 e. The fourth-order valence-corrected chi connectivity index (χ4v) is 3.55. The largest absolute Gasteiger partial charge is 0.324 e. The van der Waals surface area contributed by atoms with E-state index < -0.39 is 0 Å². The van der Waals surface area contributed by atoms with Gasteiger partial charge in [-0.2, -0.15) is 0 Å². The van der Waals surface area contributed by atoms with Crippen molar-refractivity contribution in [2.75, 3.05) is 26.2 Å². The predicted octanol–water partition coefficient (Wildman–Crippen LogP) is 2.38. The van der Waals surface area contributed by atoms with Crippen LogP contribution < -0.4 is 5.73 Å². The molecule has 0 bridgehead atoms. The fraction of sp³-hybridized carbons (Fsp3) is 0.647. The molecule has 3 rings (SSSR count). The van der Waals surface area contributed by atoms with Gasteiger partial charge in [0.05, 0.1) is 0 Å². The van der Waals surface area contributed by atoms with Crippen LogP contribution in [0.3, 0.4) is 0 Å². The number of nitrogens with two attached hydrogens (primary N) is 1. The van der Waals surface area contributed by atoms with Gasteiger partial charge < -0.3 is 5.73 Å². The number of rotatable bonds is 3. The Balaban J connectivity index is 1.57. The van der Waals surface area contributed by atoms with E-state index in [2.05, 4.69) is 34.1 Å². The first kappa shape index (κ1) is 14.1. The van der Waals surface area contributed by atoms with Crippen molar-refractivity contribution >= 4 is 0 Å². The molecule has 1 aromatic carbocycles. The van der Waals surface area contributed by atoms with Crippen LogP contribution in [0.4, 0.5) is 0 Å². The lowest BCUT2D eigenvalue weighted by molar-refractivity contribution is 0.0457. The Bertz CT molecular complexity index is 426. The number of hydrogen-bond acceptors (Lipinski definition) is 3. The summed E-state index contributed by atoms with van der Waals surface area (Å²) in [4.78, 5) is 5.31. The summed E-state index contributed by atoms with van der Waals surface area (Å²) in [5.41, 5.74) is 8.55. The molecule has 0 radical (unpaired) electrons. The number of fused-ring (bicyclic) bond motifs is 1. The summed E-state index contributed by atoms with van der Waals surface area (Å²) in [5, 5.41) is 0. The van der Waals surface area contributed by atoms with Gasteiger partial charge in [-0.3, -0.25) is 9.80 Å². The van der Waals surface area contributed by atoms with Crippen LogP contribution in [0.1, 0.15) is 43.4 Å². The van der Waals surface area contributed by atoms with E-state index in [1.165, 1.54) is 56.6 Å². The molecule has 2 aliphatic heterocycles. The highest BCUT2D eigenvalue weighted by molar-refractivity contribution is 5.24. The molecule has 0 spiro atoms. The first-order chi connectivity index (χ1) is 9.72. The van der Waals surface area contributed by atoms with Crippen LogP contribution in [0.15, 0.2) is 24.3 Å². The first-order valence-corrected chi connectivity index (χ1v) is 8.03. The molecule has 2 saturated heterocycles. The second-order valence-corrected chi connectivity index (χ2v) is 6.45. The van der Waals surface area contributed by atoms with Crippen molar-refractivity contribution in [2.24, 2.45) is 5.73 Å². The summed E-state index contributed by atoms with van der Waals surface area (Å²) in [6.07, 6.45) is 4.20. The minimum atomic E-state index is 0.134. The lowest BCUT2D eigenvalue weighted by Crippen LogP contribution is -2.54. The van der Waals surface area contributed by atoms with E-state index in [0.717, 1.165) is 12.6 Å². The molecule has 2 heterocycles. The van der Waals surface area contributed by atoms with E-state index in [1.807, 2.05) is 6.92 Å². The average molecular weight is 273 g/mol. The average Bonchev–Trinajstić information content (AvgIpc) is 2.48. The smallest absolute Gasteiger partial charge is 0.0266 e. The van der Waals surface area contributed by atoms with Gasteiger partial charge in [0.2, 0.25) is 0 Å². The van der Waals surface area contributed by atoms with Crippen molar-refractivity contribution in [3.8, 4) is 0 Å². The minimum absolute atomic E-state index is 0.134. The molecule has 0 unspecified atom stereocenters. The van der Waals surface area contributed by atoms with Crippen molar-refractivity contribution in [2.45, 2.75) is 44.8 Å². The highest BCUT2D eigenvalue weighted by Crippen LogP contribution is 2.22. The summed E-state index contributed by atoms with van der Waals surface area (Å²) in [5.74, 6) is 0. The van der Waals surface area contributed by atoms with Crippen molar-refractivity contribution in [1.29, 1.82) is 0 Å². The van der Waals surface area contributed by atoms with Gasteiger partial charge in [0.1, 0.15) is 0 Å². The predicted molar refractivity (Wildman–Crippen MR) is 83.5 cm³/mol. The van der Waals surface area contributed by atoms with Crippen LogP contribution in [-0.4, -0.2) is 42.0 Å². The zero-order chi connectivity index (χ0) is 13.9. The Labute approximate surface area is 122 Å². The van der Waals surface area contributed by atoms with E-state index in [9.17, 15) is 0 Å². The van der Waals surface area contributed by atoms with Crippen LogP contribution in [0.5, 0.6) is 0 Å². The van der Waals surface area contributed by atoms with Crippen LogP contribution >= 0.6 is 0 Å². The molecular weight excluding hydrogens is 246 g/mol. The van der Waals surface area contributed by atoms with Gasteiger partial charge in [-0.15, -0.1) is 0 Å². The van der Waals surface area contributed by atoms with Crippen LogP contribution in [0, 0.1) is 0 Å². The maximum atomic E-state index is 5.91. The third-order valence-corrected chi connectivity index (χ3v) is 4.83. The standard InChI is InChI=1S/C17H27N3/c1-14(18)16-7-5-15(6-8-16)12-19-10-11-20-9-3-2-4-17(20)13-19/h5-8,14,17H,2-4,9-13,18H2,1H3/t14-,17+/m0/s1. The Morgan fingerprint density at radius 3 is 2.70 bits per heavy atom. The molecule has 2 fully saturated rings. The zero-order valence-corrected chi connectivity index (χ0v) is 12.6. The molecule has 3 heteroatoms. The van der Waals surface area contributed by atoms with Gasteiger partial charge >= 0.3 is 0 Å². The van der Waals surface area contributed by atoms with Gasteiger partial charge in [-0.05, 0) is 37.4 Å². The number of piperazine rings is 1. The quantitative estimate of drug-likeness (QED) is 0.918. The molecule has 0 amide bonds. The van der Waals surface area contributed by atoms with Gasteiger partial charge in [0, 0.05) is 38.3 Å². The number of benzene rings is 1. The fourth-order valence-electron chi connectivity index (χ4n) is 3.55. The Hall–Kier alpha value is -0.900. The Morgan fingerprint density at radius 2 is 1.95 bits per heavy atom. The lowest BCUT2D eigenvalue weighted by atomic mass is 9.99. The molecule has 0 saturated carbocycles. The zero-order valence-electron chi connectivity index (χ0n) is 12.6. The van der Waals surface area contributed by atoms with Crippen molar-refractivity contribution < 1.29 is 0 Å². The molecular formula is C17H27N3. The molecule has 0 aromatic heterocycles. The summed E-state index contributed by atoms with van der Waals surface area (Å²) >= 11 is 0. The normalized spacial score (nSPS) is 26.2. The van der Waals surface area contributed by atoms with Crippen LogP contribution in [-0.2, 0) is 6.54 Å². The highest BCUT2D eigenvalue weighted by atomic mass is 15.3.